The third kappa shape index (κ3) is 4.29. The van der Waals surface area contributed by atoms with Crippen LogP contribution in [0.3, 0.4) is 0 Å². The maximum atomic E-state index is 13.4. The van der Waals surface area contributed by atoms with Crippen molar-refractivity contribution < 1.29 is 23.8 Å². The smallest absolute Gasteiger partial charge is 0.244 e. The Bertz CT molecular complexity index is 1590. The molecule has 0 fully saturated rings. The average molecular weight is 485 g/mol. The number of aromatic nitrogens is 1. The first-order valence-corrected chi connectivity index (χ1v) is 11.4. The van der Waals surface area contributed by atoms with E-state index in [4.69, 9.17) is 14.2 Å². The van der Waals surface area contributed by atoms with Crippen molar-refractivity contribution in [2.45, 2.75) is 20.4 Å². The first-order chi connectivity index (χ1) is 17.3. The van der Waals surface area contributed by atoms with Crippen LogP contribution in [0.25, 0.3) is 10.9 Å². The zero-order chi connectivity index (χ0) is 25.4. The number of carbonyl (C=O) groups excluding carboxylic acids is 2. The lowest BCUT2D eigenvalue weighted by Crippen LogP contribution is -2.24. The van der Waals surface area contributed by atoms with Gasteiger partial charge in [0, 0.05) is 29.6 Å². The summed E-state index contributed by atoms with van der Waals surface area (Å²) in [6, 6.07) is 15.5. The molecule has 0 saturated heterocycles. The van der Waals surface area contributed by atoms with Gasteiger partial charge >= 0.3 is 0 Å². The highest BCUT2D eigenvalue weighted by Crippen LogP contribution is 2.35. The van der Waals surface area contributed by atoms with Crippen molar-refractivity contribution in [3.05, 3.63) is 93.3 Å². The molecule has 182 valence electrons. The van der Waals surface area contributed by atoms with E-state index in [0.717, 1.165) is 11.1 Å². The quantitative estimate of drug-likeness (QED) is 0.412. The van der Waals surface area contributed by atoms with Gasteiger partial charge in [-0.15, -0.1) is 0 Å². The molecule has 8 heteroatoms. The highest BCUT2D eigenvalue weighted by molar-refractivity contribution is 6.10. The number of methoxy groups -OCH3 is 1. The van der Waals surface area contributed by atoms with E-state index >= 15 is 0 Å². The van der Waals surface area contributed by atoms with Crippen LogP contribution in [0.15, 0.2) is 65.6 Å². The third-order valence-electron chi connectivity index (χ3n) is 6.26. The number of nitrogens with one attached hydrogen (secondary N) is 1. The monoisotopic (exact) mass is 484 g/mol. The average Bonchev–Trinajstić information content (AvgIpc) is 3.34. The molecule has 0 radical (unpaired) electrons. The number of ketones is 1. The fraction of sp³-hybridized carbons (Fsp3) is 0.179. The number of fused-ring (bicyclic) bond motifs is 2. The minimum Gasteiger partial charge on any atom is -0.497 e. The van der Waals surface area contributed by atoms with Crippen LogP contribution < -0.4 is 25.0 Å². The molecule has 36 heavy (non-hydrogen) atoms. The normalized spacial score (nSPS) is 12.0. The molecule has 0 unspecified atom stereocenters. The summed E-state index contributed by atoms with van der Waals surface area (Å²) in [5.41, 5.74) is 2.96. The summed E-state index contributed by atoms with van der Waals surface area (Å²) < 4.78 is 17.7. The molecule has 0 bridgehead atoms. The van der Waals surface area contributed by atoms with E-state index < -0.39 is 11.2 Å². The number of nitrogens with zero attached hydrogens (tertiary/aromatic N) is 1. The maximum Gasteiger partial charge on any atom is 0.244 e. The van der Waals surface area contributed by atoms with Gasteiger partial charge in [0.05, 0.1) is 23.6 Å². The number of carbonyl (C=O) groups is 2. The van der Waals surface area contributed by atoms with Crippen molar-refractivity contribution in [1.82, 2.24) is 4.57 Å². The molecule has 0 spiro atoms. The van der Waals surface area contributed by atoms with Crippen LogP contribution in [0.4, 0.5) is 5.69 Å². The van der Waals surface area contributed by atoms with Crippen LogP contribution in [0.1, 0.15) is 27.0 Å². The highest BCUT2D eigenvalue weighted by Gasteiger charge is 2.22. The number of amides is 1. The number of pyridine rings is 1. The Labute approximate surface area is 207 Å². The highest BCUT2D eigenvalue weighted by atomic mass is 16.7. The Kier molecular flexibility index (Phi) is 5.93. The van der Waals surface area contributed by atoms with Gasteiger partial charge in [0.1, 0.15) is 12.3 Å². The van der Waals surface area contributed by atoms with Gasteiger partial charge in [0.15, 0.2) is 17.3 Å². The Morgan fingerprint density at radius 3 is 2.53 bits per heavy atom. The van der Waals surface area contributed by atoms with Crippen molar-refractivity contribution in [3.8, 4) is 17.2 Å². The second kappa shape index (κ2) is 9.22. The molecule has 0 aliphatic carbocycles. The molecule has 0 saturated carbocycles. The topological polar surface area (TPSA) is 95.9 Å². The first kappa shape index (κ1) is 23.2. The van der Waals surface area contributed by atoms with E-state index in [1.54, 1.807) is 60.2 Å². The van der Waals surface area contributed by atoms with Gasteiger partial charge in [-0.3, -0.25) is 14.4 Å². The van der Waals surface area contributed by atoms with Crippen LogP contribution in [0.5, 0.6) is 17.2 Å². The fourth-order valence-electron chi connectivity index (χ4n) is 4.17. The Balaban J connectivity index is 1.58. The second-order valence-electron chi connectivity index (χ2n) is 8.63. The predicted octanol–water partition coefficient (Wildman–Crippen LogP) is 4.23. The molecule has 2 heterocycles. The van der Waals surface area contributed by atoms with Gasteiger partial charge in [-0.1, -0.05) is 18.2 Å². The number of benzene rings is 3. The number of rotatable bonds is 6. The number of hydrogen-bond donors (Lipinski definition) is 1. The van der Waals surface area contributed by atoms with E-state index in [0.29, 0.717) is 34.0 Å². The zero-order valence-corrected chi connectivity index (χ0v) is 20.1. The van der Waals surface area contributed by atoms with Crippen molar-refractivity contribution in [1.29, 1.82) is 0 Å². The molecule has 8 nitrogen and oxygen atoms in total. The Morgan fingerprint density at radius 2 is 1.78 bits per heavy atom. The molecule has 1 aliphatic heterocycles. The summed E-state index contributed by atoms with van der Waals surface area (Å²) in [5.74, 6) is 0.746. The minimum absolute atomic E-state index is 0.0289. The molecule has 0 atom stereocenters. The molecule has 1 aromatic heterocycles. The van der Waals surface area contributed by atoms with Crippen LogP contribution in [-0.4, -0.2) is 30.2 Å². The zero-order valence-electron chi connectivity index (χ0n) is 20.1. The van der Waals surface area contributed by atoms with Crippen molar-refractivity contribution >= 4 is 28.3 Å². The van der Waals surface area contributed by atoms with E-state index in [1.807, 2.05) is 19.9 Å². The number of ether oxygens (including phenoxy) is 3. The third-order valence-corrected chi connectivity index (χ3v) is 6.26. The van der Waals surface area contributed by atoms with Crippen LogP contribution in [0, 0.1) is 13.8 Å². The molecule has 1 aliphatic rings. The molecule has 3 aromatic carbocycles. The van der Waals surface area contributed by atoms with Crippen LogP contribution >= 0.6 is 0 Å². The molecule has 1 N–H and O–H groups in total. The standard InChI is InChI=1S/C28H24N2O6/c1-16-7-8-18(9-17(16)2)27(32)22-13-30(14-26(31)29-19-5-4-6-20(10-19)34-3)23-12-25-24(35-15-36-25)11-21(23)28(22)33/h4-13H,14-15H2,1-3H3,(H,29,31). The molecule has 4 aromatic rings. The lowest BCUT2D eigenvalue weighted by molar-refractivity contribution is -0.116. The predicted molar refractivity (Wildman–Crippen MR) is 135 cm³/mol. The number of hydrogen-bond acceptors (Lipinski definition) is 6. The van der Waals surface area contributed by atoms with E-state index in [9.17, 15) is 14.4 Å². The molecule has 5 rings (SSSR count). The summed E-state index contributed by atoms with van der Waals surface area (Å²) in [6.07, 6.45) is 1.44. The van der Waals surface area contributed by atoms with E-state index in [2.05, 4.69) is 5.32 Å². The summed E-state index contributed by atoms with van der Waals surface area (Å²) in [7, 11) is 1.55. The largest absolute Gasteiger partial charge is 0.497 e. The Morgan fingerprint density at radius 1 is 1.00 bits per heavy atom. The van der Waals surface area contributed by atoms with Crippen LogP contribution in [0.2, 0.25) is 0 Å². The van der Waals surface area contributed by atoms with E-state index in [1.165, 1.54) is 6.20 Å². The van der Waals surface area contributed by atoms with Gasteiger partial charge in [0.25, 0.3) is 0 Å². The van der Waals surface area contributed by atoms with Gasteiger partial charge < -0.3 is 24.1 Å². The minimum atomic E-state index is -0.434. The van der Waals surface area contributed by atoms with E-state index in [-0.39, 0.29) is 30.2 Å². The fourth-order valence-corrected chi connectivity index (χ4v) is 4.17. The number of aryl methyl sites for hydroxylation is 2. The SMILES string of the molecule is COc1cccc(NC(=O)Cn2cc(C(=O)c3ccc(C)c(C)c3)c(=O)c3cc4c(cc32)OCO4)c1. The van der Waals surface area contributed by atoms with Gasteiger partial charge in [-0.05, 0) is 49.2 Å². The Hall–Kier alpha value is -4.59. The second-order valence-corrected chi connectivity index (χ2v) is 8.63. The van der Waals surface area contributed by atoms with Gasteiger partial charge in [0.2, 0.25) is 18.1 Å². The van der Waals surface area contributed by atoms with Gasteiger partial charge in [-0.25, -0.2) is 0 Å². The number of anilines is 1. The maximum absolute atomic E-state index is 13.4. The summed E-state index contributed by atoms with van der Waals surface area (Å²) >= 11 is 0. The lowest BCUT2D eigenvalue weighted by Gasteiger charge is -2.15. The lowest BCUT2D eigenvalue weighted by atomic mass is 9.98. The van der Waals surface area contributed by atoms with Crippen LogP contribution in [-0.2, 0) is 11.3 Å². The summed E-state index contributed by atoms with van der Waals surface area (Å²) in [5, 5.41) is 3.10. The van der Waals surface area contributed by atoms with Crippen molar-refractivity contribution in [2.75, 3.05) is 19.2 Å². The van der Waals surface area contributed by atoms with Crippen molar-refractivity contribution in [3.63, 3.8) is 0 Å². The first-order valence-electron chi connectivity index (χ1n) is 11.4. The molecular weight excluding hydrogens is 460 g/mol. The summed E-state index contributed by atoms with van der Waals surface area (Å²) in [6.45, 7) is 3.76. The summed E-state index contributed by atoms with van der Waals surface area (Å²) in [4.78, 5) is 39.9. The van der Waals surface area contributed by atoms with Gasteiger partial charge in [-0.2, -0.15) is 0 Å². The molecular formula is C28H24N2O6. The van der Waals surface area contributed by atoms with Crippen molar-refractivity contribution in [2.24, 2.45) is 0 Å². The molecule has 1 amide bonds.